The topological polar surface area (TPSA) is 52.1 Å². The predicted molar refractivity (Wildman–Crippen MR) is 67.2 cm³/mol. The second-order valence-corrected chi connectivity index (χ2v) is 3.74. The Bertz CT molecular complexity index is 526. The molecular weight excluding hydrogens is 228 g/mol. The molecule has 0 aliphatic heterocycles. The van der Waals surface area contributed by atoms with E-state index in [4.69, 9.17) is 4.74 Å². The largest absolute Gasteiger partial charge is 0.461 e. The first-order valence-corrected chi connectivity index (χ1v) is 5.82. The molecule has 0 radical (unpaired) electrons. The molecule has 0 aliphatic carbocycles. The second-order valence-electron chi connectivity index (χ2n) is 3.74. The summed E-state index contributed by atoms with van der Waals surface area (Å²) in [5.41, 5.74) is 1.41. The Hall–Kier alpha value is -2.23. The highest BCUT2D eigenvalue weighted by atomic mass is 16.5. The molecule has 0 unspecified atom stereocenters. The molecule has 2 rings (SSSR count). The van der Waals surface area contributed by atoms with Gasteiger partial charge in [-0.2, -0.15) is 0 Å². The summed E-state index contributed by atoms with van der Waals surface area (Å²) in [6, 6.07) is 11.4. The zero-order valence-electron chi connectivity index (χ0n) is 10.2. The Balaban J connectivity index is 2.15. The van der Waals surface area contributed by atoms with Crippen molar-refractivity contribution < 1.29 is 9.53 Å². The van der Waals surface area contributed by atoms with E-state index in [9.17, 15) is 4.79 Å². The van der Waals surface area contributed by atoms with E-state index in [2.05, 4.69) is 9.97 Å². The fourth-order valence-electron chi connectivity index (χ4n) is 1.58. The Morgan fingerprint density at radius 1 is 1.22 bits per heavy atom. The van der Waals surface area contributed by atoms with E-state index < -0.39 is 5.97 Å². The zero-order chi connectivity index (χ0) is 12.8. The molecule has 92 valence electrons. The lowest BCUT2D eigenvalue weighted by atomic mass is 10.1. The molecular formula is C14H14N2O2. The standard InChI is InChI=1S/C14H14N2O2/c1-2-18-14(17)12-8-9-15-13(16-12)10-11-6-4-3-5-7-11/h3-9H,2,10H2,1H3. The van der Waals surface area contributed by atoms with Crippen molar-refractivity contribution in [3.63, 3.8) is 0 Å². The van der Waals surface area contributed by atoms with Crippen molar-refractivity contribution in [3.8, 4) is 0 Å². The molecule has 0 saturated heterocycles. The number of hydrogen-bond donors (Lipinski definition) is 0. The van der Waals surface area contributed by atoms with Gasteiger partial charge in [0.1, 0.15) is 5.82 Å². The second kappa shape index (κ2) is 5.91. The van der Waals surface area contributed by atoms with Crippen LogP contribution in [-0.4, -0.2) is 22.5 Å². The summed E-state index contributed by atoms with van der Waals surface area (Å²) < 4.78 is 4.90. The zero-order valence-corrected chi connectivity index (χ0v) is 10.2. The smallest absolute Gasteiger partial charge is 0.357 e. The molecule has 0 fully saturated rings. The number of carbonyl (C=O) groups excluding carboxylic acids is 1. The molecule has 2 aromatic rings. The number of carbonyl (C=O) groups is 1. The van der Waals surface area contributed by atoms with Gasteiger partial charge in [0, 0.05) is 12.6 Å². The molecule has 0 bridgehead atoms. The molecule has 0 N–H and O–H groups in total. The summed E-state index contributed by atoms with van der Waals surface area (Å²) in [6.45, 7) is 2.11. The van der Waals surface area contributed by atoms with E-state index in [1.54, 1.807) is 19.2 Å². The van der Waals surface area contributed by atoms with Crippen LogP contribution in [0.4, 0.5) is 0 Å². The fraction of sp³-hybridized carbons (Fsp3) is 0.214. The molecule has 1 aromatic carbocycles. The van der Waals surface area contributed by atoms with Gasteiger partial charge in [-0.25, -0.2) is 14.8 Å². The summed E-state index contributed by atoms with van der Waals surface area (Å²) in [6.07, 6.45) is 2.19. The van der Waals surface area contributed by atoms with E-state index in [-0.39, 0.29) is 0 Å². The van der Waals surface area contributed by atoms with E-state index in [1.165, 1.54) is 0 Å². The van der Waals surface area contributed by atoms with Crippen molar-refractivity contribution in [1.82, 2.24) is 9.97 Å². The normalized spacial score (nSPS) is 10.1. The Labute approximate surface area is 106 Å². The number of aromatic nitrogens is 2. The third-order valence-corrected chi connectivity index (χ3v) is 2.40. The summed E-state index contributed by atoms with van der Waals surface area (Å²) in [4.78, 5) is 19.9. The summed E-state index contributed by atoms with van der Waals surface area (Å²) in [5, 5.41) is 0. The molecule has 0 aliphatic rings. The van der Waals surface area contributed by atoms with Crippen LogP contribution >= 0.6 is 0 Å². The highest BCUT2D eigenvalue weighted by molar-refractivity contribution is 5.87. The molecule has 0 saturated carbocycles. The third-order valence-electron chi connectivity index (χ3n) is 2.40. The molecule has 0 spiro atoms. The average Bonchev–Trinajstić information content (AvgIpc) is 2.40. The van der Waals surface area contributed by atoms with E-state index >= 15 is 0 Å². The minimum atomic E-state index is -0.408. The highest BCUT2D eigenvalue weighted by Gasteiger charge is 2.09. The average molecular weight is 242 g/mol. The van der Waals surface area contributed by atoms with Crippen molar-refractivity contribution in [2.24, 2.45) is 0 Å². The summed E-state index contributed by atoms with van der Waals surface area (Å²) >= 11 is 0. The molecule has 18 heavy (non-hydrogen) atoms. The van der Waals surface area contributed by atoms with E-state index in [1.807, 2.05) is 30.3 Å². The Morgan fingerprint density at radius 3 is 2.72 bits per heavy atom. The van der Waals surface area contributed by atoms with Crippen molar-refractivity contribution in [2.45, 2.75) is 13.3 Å². The van der Waals surface area contributed by atoms with E-state index in [0.717, 1.165) is 5.56 Å². The minimum Gasteiger partial charge on any atom is -0.461 e. The van der Waals surface area contributed by atoms with Crippen molar-refractivity contribution >= 4 is 5.97 Å². The first-order chi connectivity index (χ1) is 8.79. The molecule has 4 nitrogen and oxygen atoms in total. The van der Waals surface area contributed by atoms with Gasteiger partial charge >= 0.3 is 5.97 Å². The van der Waals surface area contributed by atoms with Gasteiger partial charge < -0.3 is 4.74 Å². The summed E-state index contributed by atoms with van der Waals surface area (Å²) in [7, 11) is 0. The van der Waals surface area contributed by atoms with Crippen LogP contribution in [0.5, 0.6) is 0 Å². The van der Waals surface area contributed by atoms with Gasteiger partial charge in [0.05, 0.1) is 6.61 Å². The van der Waals surface area contributed by atoms with Crippen LogP contribution in [0.1, 0.15) is 28.8 Å². The maximum atomic E-state index is 11.5. The molecule has 1 aromatic heterocycles. The van der Waals surface area contributed by atoms with E-state index in [0.29, 0.717) is 24.5 Å². The van der Waals surface area contributed by atoms with Crippen LogP contribution in [0.3, 0.4) is 0 Å². The Kier molecular flexibility index (Phi) is 4.02. The molecule has 4 heteroatoms. The van der Waals surface area contributed by atoms with Crippen LogP contribution < -0.4 is 0 Å². The van der Waals surface area contributed by atoms with Gasteiger partial charge in [-0.15, -0.1) is 0 Å². The number of rotatable bonds is 4. The maximum Gasteiger partial charge on any atom is 0.357 e. The lowest BCUT2D eigenvalue weighted by Gasteiger charge is -2.03. The van der Waals surface area contributed by atoms with Crippen molar-refractivity contribution in [1.29, 1.82) is 0 Å². The third kappa shape index (κ3) is 3.13. The first kappa shape index (κ1) is 12.2. The first-order valence-electron chi connectivity index (χ1n) is 5.82. The number of esters is 1. The van der Waals surface area contributed by atoms with Gasteiger partial charge in [0.15, 0.2) is 5.69 Å². The number of nitrogens with zero attached hydrogens (tertiary/aromatic N) is 2. The van der Waals surface area contributed by atoms with Crippen LogP contribution in [0, 0.1) is 0 Å². The predicted octanol–water partition coefficient (Wildman–Crippen LogP) is 2.24. The van der Waals surface area contributed by atoms with Crippen molar-refractivity contribution in [2.75, 3.05) is 6.61 Å². The minimum absolute atomic E-state index is 0.304. The maximum absolute atomic E-state index is 11.5. The lowest BCUT2D eigenvalue weighted by Crippen LogP contribution is -2.09. The molecule has 1 heterocycles. The molecule has 0 amide bonds. The van der Waals surface area contributed by atoms with Crippen LogP contribution in [0.15, 0.2) is 42.6 Å². The van der Waals surface area contributed by atoms with Gasteiger partial charge in [-0.1, -0.05) is 30.3 Å². The van der Waals surface area contributed by atoms with Crippen molar-refractivity contribution in [3.05, 3.63) is 59.7 Å². The van der Waals surface area contributed by atoms with Gasteiger partial charge in [0.25, 0.3) is 0 Å². The number of benzene rings is 1. The quantitative estimate of drug-likeness (QED) is 0.771. The van der Waals surface area contributed by atoms with Crippen LogP contribution in [-0.2, 0) is 11.2 Å². The van der Waals surface area contributed by atoms with Gasteiger partial charge in [0.2, 0.25) is 0 Å². The SMILES string of the molecule is CCOC(=O)c1ccnc(Cc2ccccc2)n1. The van der Waals surface area contributed by atoms with Gasteiger partial charge in [-0.05, 0) is 18.6 Å². The number of hydrogen-bond acceptors (Lipinski definition) is 4. The van der Waals surface area contributed by atoms with Crippen LogP contribution in [0.25, 0.3) is 0 Å². The number of ether oxygens (including phenoxy) is 1. The lowest BCUT2D eigenvalue weighted by molar-refractivity contribution is 0.0519. The summed E-state index contributed by atoms with van der Waals surface area (Å²) in [5.74, 6) is 0.209. The van der Waals surface area contributed by atoms with Gasteiger partial charge in [-0.3, -0.25) is 0 Å². The fourth-order valence-corrected chi connectivity index (χ4v) is 1.58. The van der Waals surface area contributed by atoms with Crippen LogP contribution in [0.2, 0.25) is 0 Å². The molecule has 0 atom stereocenters. The highest BCUT2D eigenvalue weighted by Crippen LogP contribution is 2.06. The Morgan fingerprint density at radius 2 is 2.00 bits per heavy atom. The monoisotopic (exact) mass is 242 g/mol.